The molecule has 0 radical (unpaired) electrons. The van der Waals surface area contributed by atoms with Crippen molar-refractivity contribution in [2.45, 2.75) is 135 Å². The van der Waals surface area contributed by atoms with Gasteiger partial charge in [-0.05, 0) is 6.04 Å². The number of unbranched alkanes of at least 4 members (excludes halogenated alkanes) is 15. The van der Waals surface area contributed by atoms with Gasteiger partial charge >= 0.3 is 0 Å². The molecule has 0 aromatic heterocycles. The number of hydrogen-bond donors (Lipinski definition) is 0. The fourth-order valence-corrected chi connectivity index (χ4v) is 5.34. The second-order valence-electron chi connectivity index (χ2n) is 8.59. The molecule has 0 rings (SSSR count). The van der Waals surface area contributed by atoms with Gasteiger partial charge in [-0.3, -0.25) is 0 Å². The lowest BCUT2D eigenvalue weighted by atomic mass is 10.0. The Morgan fingerprint density at radius 2 is 0.917 bits per heavy atom. The van der Waals surface area contributed by atoms with Crippen LogP contribution in [-0.4, -0.2) is 14.4 Å². The molecule has 0 fully saturated rings. The Labute approximate surface area is 154 Å². The minimum absolute atomic E-state index is 0.853. The van der Waals surface area contributed by atoms with Gasteiger partial charge < -0.3 is 4.79 Å². The zero-order chi connectivity index (χ0) is 17.9. The molecule has 0 aliphatic carbocycles. The largest absolute Gasteiger partial charge is 0.304 e. The van der Waals surface area contributed by atoms with Crippen molar-refractivity contribution in [2.75, 3.05) is 0 Å². The van der Waals surface area contributed by atoms with Crippen molar-refractivity contribution < 1.29 is 4.79 Å². The van der Waals surface area contributed by atoms with Crippen molar-refractivity contribution in [2.24, 2.45) is 0 Å². The van der Waals surface area contributed by atoms with Crippen molar-refractivity contribution in [3.8, 4) is 0 Å². The molecule has 0 heterocycles. The summed E-state index contributed by atoms with van der Waals surface area (Å²) in [6.45, 7) is 7.00. The van der Waals surface area contributed by atoms with Crippen LogP contribution in [0.2, 0.25) is 25.2 Å². The van der Waals surface area contributed by atoms with Gasteiger partial charge in [-0.25, -0.2) is 0 Å². The Morgan fingerprint density at radius 1 is 0.583 bits per heavy atom. The molecule has 2 heteroatoms. The Morgan fingerprint density at radius 3 is 1.25 bits per heavy atom. The molecule has 0 aliphatic rings. The predicted octanol–water partition coefficient (Wildman–Crippen LogP) is 8.16. The monoisotopic (exact) mass is 354 g/mol. The van der Waals surface area contributed by atoms with Crippen molar-refractivity contribution in [1.82, 2.24) is 0 Å². The third-order valence-electron chi connectivity index (χ3n) is 5.34. The SMILES string of the molecule is CCCCCCCCCCCCCCCCCC[Si](C)(C)CC=O. The van der Waals surface area contributed by atoms with Crippen LogP contribution >= 0.6 is 0 Å². The molecule has 0 N–H and O–H groups in total. The maximum absolute atomic E-state index is 10.6. The van der Waals surface area contributed by atoms with Gasteiger partial charge in [-0.2, -0.15) is 0 Å². The first kappa shape index (κ1) is 23.9. The molecule has 0 saturated heterocycles. The lowest BCUT2D eigenvalue weighted by molar-refractivity contribution is -0.106. The van der Waals surface area contributed by atoms with Crippen LogP contribution in [0.1, 0.15) is 110 Å². The Balaban J connectivity index is 3.11. The number of carbonyl (C=O) groups is 1. The van der Waals surface area contributed by atoms with E-state index in [2.05, 4.69) is 20.0 Å². The normalized spacial score (nSPS) is 11.8. The van der Waals surface area contributed by atoms with E-state index in [0.29, 0.717) is 0 Å². The highest BCUT2D eigenvalue weighted by molar-refractivity contribution is 6.79. The predicted molar refractivity (Wildman–Crippen MR) is 113 cm³/mol. The van der Waals surface area contributed by atoms with Gasteiger partial charge in [0.2, 0.25) is 0 Å². The molecule has 0 aromatic rings. The van der Waals surface area contributed by atoms with Crippen molar-refractivity contribution in [1.29, 1.82) is 0 Å². The van der Waals surface area contributed by atoms with Crippen LogP contribution < -0.4 is 0 Å². The minimum Gasteiger partial charge on any atom is -0.304 e. The van der Waals surface area contributed by atoms with Gasteiger partial charge in [0.25, 0.3) is 0 Å². The van der Waals surface area contributed by atoms with Crippen LogP contribution in [0.25, 0.3) is 0 Å². The van der Waals surface area contributed by atoms with E-state index >= 15 is 0 Å². The summed E-state index contributed by atoms with van der Waals surface area (Å²) in [7, 11) is -1.18. The fourth-order valence-electron chi connectivity index (χ4n) is 3.48. The van der Waals surface area contributed by atoms with E-state index in [4.69, 9.17) is 0 Å². The first-order valence-corrected chi connectivity index (χ1v) is 14.5. The molecule has 24 heavy (non-hydrogen) atoms. The average molecular weight is 355 g/mol. The van der Waals surface area contributed by atoms with E-state index in [9.17, 15) is 4.79 Å². The van der Waals surface area contributed by atoms with E-state index < -0.39 is 8.07 Å². The van der Waals surface area contributed by atoms with Gasteiger partial charge in [0.05, 0.1) is 8.07 Å². The maximum Gasteiger partial charge on any atom is 0.117 e. The third kappa shape index (κ3) is 18.2. The van der Waals surface area contributed by atoms with Gasteiger partial charge in [-0.1, -0.05) is 129 Å². The summed E-state index contributed by atoms with van der Waals surface area (Å²) in [5.74, 6) is 0. The summed E-state index contributed by atoms with van der Waals surface area (Å²) < 4.78 is 0. The number of hydrogen-bond acceptors (Lipinski definition) is 1. The summed E-state index contributed by atoms with van der Waals surface area (Å²) >= 11 is 0. The number of aldehydes is 1. The smallest absolute Gasteiger partial charge is 0.117 e. The third-order valence-corrected chi connectivity index (χ3v) is 8.32. The van der Waals surface area contributed by atoms with Crippen molar-refractivity contribution >= 4 is 14.4 Å². The summed E-state index contributed by atoms with van der Waals surface area (Å²) in [6, 6.07) is 2.19. The van der Waals surface area contributed by atoms with Crippen LogP contribution in [0, 0.1) is 0 Å². The lowest BCUT2D eigenvalue weighted by Gasteiger charge is -2.18. The molecule has 144 valence electrons. The van der Waals surface area contributed by atoms with E-state index in [1.807, 2.05) is 0 Å². The molecule has 0 bridgehead atoms. The van der Waals surface area contributed by atoms with Gasteiger partial charge in [0.1, 0.15) is 6.29 Å². The fraction of sp³-hybridized carbons (Fsp3) is 0.955. The van der Waals surface area contributed by atoms with Crippen molar-refractivity contribution in [3.05, 3.63) is 0 Å². The summed E-state index contributed by atoms with van der Waals surface area (Å²) in [6.07, 6.45) is 24.1. The molecule has 0 amide bonds. The molecular weight excluding hydrogens is 308 g/mol. The van der Waals surface area contributed by atoms with Crippen LogP contribution in [0.3, 0.4) is 0 Å². The molecule has 0 saturated carbocycles. The summed E-state index contributed by atoms with van der Waals surface area (Å²) in [4.78, 5) is 10.6. The van der Waals surface area contributed by atoms with E-state index in [1.165, 1.54) is 109 Å². The lowest BCUT2D eigenvalue weighted by Crippen LogP contribution is -2.24. The van der Waals surface area contributed by atoms with Crippen LogP contribution in [0.15, 0.2) is 0 Å². The molecule has 0 spiro atoms. The van der Waals surface area contributed by atoms with E-state index in [0.717, 1.165) is 12.3 Å². The first-order valence-electron chi connectivity index (χ1n) is 11.1. The zero-order valence-corrected chi connectivity index (χ0v) is 18.2. The molecule has 0 unspecified atom stereocenters. The second-order valence-corrected chi connectivity index (χ2v) is 13.8. The molecule has 1 nitrogen and oxygen atoms in total. The van der Waals surface area contributed by atoms with Gasteiger partial charge in [0, 0.05) is 0 Å². The maximum atomic E-state index is 10.6. The highest BCUT2D eigenvalue weighted by atomic mass is 28.3. The van der Waals surface area contributed by atoms with Crippen LogP contribution in [0.4, 0.5) is 0 Å². The summed E-state index contributed by atoms with van der Waals surface area (Å²) in [5, 5.41) is 0. The molecule has 0 aliphatic heterocycles. The topological polar surface area (TPSA) is 17.1 Å². The van der Waals surface area contributed by atoms with Gasteiger partial charge in [0.15, 0.2) is 0 Å². The zero-order valence-electron chi connectivity index (χ0n) is 17.2. The standard InChI is InChI=1S/C22H46OSi/c1-4-5-6-7-8-9-10-11-12-13-14-15-16-17-18-19-21-24(2,3)22-20-23/h20H,4-19,21-22H2,1-3H3. The number of rotatable bonds is 19. The highest BCUT2D eigenvalue weighted by Gasteiger charge is 2.18. The highest BCUT2D eigenvalue weighted by Crippen LogP contribution is 2.19. The van der Waals surface area contributed by atoms with Crippen LogP contribution in [0.5, 0.6) is 0 Å². The van der Waals surface area contributed by atoms with E-state index in [-0.39, 0.29) is 0 Å². The average Bonchev–Trinajstić information content (AvgIpc) is 2.54. The summed E-state index contributed by atoms with van der Waals surface area (Å²) in [5.41, 5.74) is 0. The Bertz CT molecular complexity index is 263. The van der Waals surface area contributed by atoms with E-state index in [1.54, 1.807) is 0 Å². The Kier molecular flexibility index (Phi) is 17.6. The minimum atomic E-state index is -1.18. The number of carbonyl (C=O) groups excluding carboxylic acids is 1. The quantitative estimate of drug-likeness (QED) is 0.130. The van der Waals surface area contributed by atoms with Crippen LogP contribution in [-0.2, 0) is 4.79 Å². The second kappa shape index (κ2) is 17.7. The Hall–Kier alpha value is -0.113. The van der Waals surface area contributed by atoms with Crippen molar-refractivity contribution in [3.63, 3.8) is 0 Å². The molecule has 0 aromatic carbocycles. The molecular formula is C22H46OSi. The molecule has 0 atom stereocenters. The van der Waals surface area contributed by atoms with Gasteiger partial charge in [-0.15, -0.1) is 0 Å². The first-order chi connectivity index (χ1) is 11.6.